The monoisotopic (exact) mass is 347 g/mol. The smallest absolute Gasteiger partial charge is 0.268 e. The molecule has 0 atom stereocenters. The van der Waals surface area contributed by atoms with Gasteiger partial charge in [-0.05, 0) is 23.1 Å². The number of carbonyl (C=O) groups excluding carboxylic acids is 1. The van der Waals surface area contributed by atoms with E-state index in [-0.39, 0.29) is 6.07 Å². The molecule has 1 aromatic carbocycles. The van der Waals surface area contributed by atoms with Crippen LogP contribution in [0.25, 0.3) is 0 Å². The van der Waals surface area contributed by atoms with Crippen molar-refractivity contribution in [1.82, 2.24) is 4.84 Å². The van der Waals surface area contributed by atoms with Crippen molar-refractivity contribution >= 4 is 17.7 Å². The molecule has 0 bridgehead atoms. The Balaban J connectivity index is 3.90. The summed E-state index contributed by atoms with van der Waals surface area (Å²) in [5, 5.41) is 0. The Morgan fingerprint density at radius 3 is 1.82 bits per heavy atom. The van der Waals surface area contributed by atoms with Crippen LogP contribution in [0.2, 0.25) is 0 Å². The van der Waals surface area contributed by atoms with Crippen molar-refractivity contribution < 1.29 is 31.1 Å². The summed E-state index contributed by atoms with van der Waals surface area (Å²) in [4.78, 5) is 13.2. The van der Waals surface area contributed by atoms with Crippen molar-refractivity contribution in [3.05, 3.63) is 34.4 Å². The van der Waals surface area contributed by atoms with E-state index >= 15 is 0 Å². The molecule has 0 aliphatic heterocycles. The lowest BCUT2D eigenvalue weighted by atomic mass is 9.79. The van der Waals surface area contributed by atoms with Crippen LogP contribution in [-0.4, -0.2) is 5.91 Å². The Bertz CT molecular complexity index is 586. The van der Waals surface area contributed by atoms with Crippen LogP contribution in [0.4, 0.5) is 26.3 Å². The molecule has 0 saturated carbocycles. The summed E-state index contributed by atoms with van der Waals surface area (Å²) in [6, 6.07) is 0.374. The Kier molecular flexibility index (Phi) is 4.77. The molecule has 1 amide bonds. The van der Waals surface area contributed by atoms with Gasteiger partial charge in [-0.25, -0.2) is 0 Å². The van der Waals surface area contributed by atoms with E-state index in [9.17, 15) is 31.1 Å². The summed E-state index contributed by atoms with van der Waals surface area (Å²) in [5.74, 6) is -1.23. The number of benzene rings is 1. The molecule has 124 valence electrons. The van der Waals surface area contributed by atoms with E-state index in [2.05, 4.69) is 0 Å². The fourth-order valence-corrected chi connectivity index (χ4v) is 2.17. The van der Waals surface area contributed by atoms with E-state index in [1.165, 1.54) is 20.8 Å². The molecular weight excluding hydrogens is 336 g/mol. The minimum atomic E-state index is -5.05. The largest absolute Gasteiger partial charge is 0.416 e. The second-order valence-electron chi connectivity index (χ2n) is 5.62. The van der Waals surface area contributed by atoms with Gasteiger partial charge in [-0.1, -0.05) is 20.8 Å². The third kappa shape index (κ3) is 3.85. The van der Waals surface area contributed by atoms with Gasteiger partial charge in [0.05, 0.1) is 11.1 Å². The quantitative estimate of drug-likeness (QED) is 0.568. The van der Waals surface area contributed by atoms with Gasteiger partial charge < -0.3 is 0 Å². The molecule has 1 N–H and O–H groups in total. The van der Waals surface area contributed by atoms with Gasteiger partial charge in [-0.3, -0.25) is 9.63 Å². The number of amides is 1. The topological polar surface area (TPSA) is 29.1 Å². The molecule has 0 aromatic heterocycles. The average Bonchev–Trinajstić information content (AvgIpc) is 2.32. The van der Waals surface area contributed by atoms with Gasteiger partial charge in [0.15, 0.2) is 0 Å². The Morgan fingerprint density at radius 1 is 1.00 bits per heavy atom. The van der Waals surface area contributed by atoms with Gasteiger partial charge in [-0.15, -0.1) is 0 Å². The predicted molar refractivity (Wildman–Crippen MR) is 68.5 cm³/mol. The summed E-state index contributed by atoms with van der Waals surface area (Å²) < 4.78 is 77.9. The van der Waals surface area contributed by atoms with Crippen LogP contribution >= 0.6 is 11.8 Å². The van der Waals surface area contributed by atoms with Crippen LogP contribution in [0.3, 0.4) is 0 Å². The highest BCUT2D eigenvalue weighted by Gasteiger charge is 2.42. The highest BCUT2D eigenvalue weighted by molar-refractivity contribution is 6.24. The van der Waals surface area contributed by atoms with E-state index in [1.807, 2.05) is 0 Å². The van der Waals surface area contributed by atoms with Crippen molar-refractivity contribution in [2.24, 2.45) is 0 Å². The number of carbonyl (C=O) groups is 1. The third-order valence-corrected chi connectivity index (χ3v) is 3.02. The third-order valence-electron chi connectivity index (χ3n) is 2.85. The van der Waals surface area contributed by atoms with Crippen molar-refractivity contribution in [2.75, 3.05) is 0 Å². The maximum absolute atomic E-state index is 13.2. The molecule has 0 unspecified atom stereocenters. The molecule has 0 saturated heterocycles. The van der Waals surface area contributed by atoms with E-state index in [0.717, 1.165) is 0 Å². The van der Waals surface area contributed by atoms with Gasteiger partial charge in [0.1, 0.15) is 0 Å². The summed E-state index contributed by atoms with van der Waals surface area (Å²) >= 11 is 5.08. The van der Waals surface area contributed by atoms with E-state index in [4.69, 9.17) is 11.8 Å². The molecule has 1 rings (SSSR count). The summed E-state index contributed by atoms with van der Waals surface area (Å²) in [5.41, 5.74) is -5.61. The molecule has 1 aromatic rings. The second-order valence-corrected chi connectivity index (χ2v) is 5.80. The zero-order valence-electron chi connectivity index (χ0n) is 11.7. The number of nitrogens with one attached hydrogen (secondary N) is 1. The minimum Gasteiger partial charge on any atom is -0.268 e. The molecule has 0 radical (unpaired) electrons. The number of hydrogen-bond acceptors (Lipinski definition) is 1. The van der Waals surface area contributed by atoms with Gasteiger partial charge in [-0.2, -0.15) is 26.3 Å². The zero-order valence-corrected chi connectivity index (χ0v) is 12.5. The lowest BCUT2D eigenvalue weighted by molar-refractivity contribution is -0.143. The molecule has 2 nitrogen and oxygen atoms in total. The Hall–Kier alpha value is -1.44. The lowest BCUT2D eigenvalue weighted by Crippen LogP contribution is -2.27. The number of hydrogen-bond donors (Lipinski definition) is 1. The van der Waals surface area contributed by atoms with Crippen LogP contribution in [0.5, 0.6) is 0 Å². The van der Waals surface area contributed by atoms with Crippen molar-refractivity contribution in [3.8, 4) is 0 Å². The number of halogens is 7. The molecule has 0 aliphatic carbocycles. The van der Waals surface area contributed by atoms with Gasteiger partial charge in [0.2, 0.25) is 0 Å². The fourth-order valence-electron chi connectivity index (χ4n) is 2.07. The van der Waals surface area contributed by atoms with Crippen LogP contribution in [0, 0.1) is 0 Å². The van der Waals surface area contributed by atoms with Crippen LogP contribution in [-0.2, 0) is 17.8 Å². The van der Waals surface area contributed by atoms with Gasteiger partial charge >= 0.3 is 12.4 Å². The van der Waals surface area contributed by atoms with E-state index in [1.54, 1.807) is 4.84 Å². The lowest BCUT2D eigenvalue weighted by Gasteiger charge is -2.27. The first-order valence-electron chi connectivity index (χ1n) is 5.93. The molecule has 0 spiro atoms. The average molecular weight is 348 g/mol. The second kappa shape index (κ2) is 5.64. The van der Waals surface area contributed by atoms with Crippen molar-refractivity contribution in [1.29, 1.82) is 0 Å². The van der Waals surface area contributed by atoms with Crippen LogP contribution in [0.1, 0.15) is 47.8 Å². The highest BCUT2D eigenvalue weighted by atomic mass is 35.5. The molecular formula is C13H12ClF6NO. The summed E-state index contributed by atoms with van der Waals surface area (Å²) in [6.07, 6.45) is -10.1. The number of rotatable bonds is 1. The normalized spacial score (nSPS) is 13.2. The molecule has 22 heavy (non-hydrogen) atoms. The van der Waals surface area contributed by atoms with Gasteiger partial charge in [0.25, 0.3) is 5.91 Å². The minimum absolute atomic E-state index is 0.00555. The molecule has 0 heterocycles. The standard InChI is InChI=1S/C13H12ClF6NO/c1-11(2,3)9-7(10(22)21-14)4-6(12(15,16)17)5-8(9)13(18,19)20/h4-5H,1-3H3,(H,21,22). The predicted octanol–water partition coefficient (Wildman–Crippen LogP) is 4.91. The summed E-state index contributed by atoms with van der Waals surface area (Å²) in [7, 11) is 0. The zero-order chi connectivity index (χ0) is 17.5. The van der Waals surface area contributed by atoms with Crippen LogP contribution < -0.4 is 4.84 Å². The van der Waals surface area contributed by atoms with Crippen molar-refractivity contribution in [3.63, 3.8) is 0 Å². The first kappa shape index (κ1) is 18.6. The Morgan fingerprint density at radius 2 is 1.50 bits per heavy atom. The van der Waals surface area contributed by atoms with E-state index in [0.29, 0.717) is 6.07 Å². The molecule has 0 fully saturated rings. The fraction of sp³-hybridized carbons (Fsp3) is 0.462. The Labute approximate surface area is 127 Å². The van der Waals surface area contributed by atoms with Gasteiger partial charge in [0, 0.05) is 17.3 Å². The summed E-state index contributed by atoms with van der Waals surface area (Å²) in [6.45, 7) is 4.07. The first-order valence-corrected chi connectivity index (χ1v) is 6.31. The maximum atomic E-state index is 13.2. The molecule has 9 heteroatoms. The van der Waals surface area contributed by atoms with E-state index < -0.39 is 45.9 Å². The maximum Gasteiger partial charge on any atom is 0.416 e. The molecule has 0 aliphatic rings. The highest BCUT2D eigenvalue weighted by Crippen LogP contribution is 2.43. The number of alkyl halides is 6. The van der Waals surface area contributed by atoms with Crippen molar-refractivity contribution in [2.45, 2.75) is 38.5 Å². The SMILES string of the molecule is CC(C)(C)c1c(C(=O)NCl)cc(C(F)(F)F)cc1C(F)(F)F. The first-order chi connectivity index (χ1) is 9.69. The van der Waals surface area contributed by atoms with Crippen LogP contribution in [0.15, 0.2) is 12.1 Å².